The highest BCUT2D eigenvalue weighted by atomic mass is 35.5. The van der Waals surface area contributed by atoms with Gasteiger partial charge in [-0.1, -0.05) is 35.0 Å². The van der Waals surface area contributed by atoms with Crippen LogP contribution in [0.2, 0.25) is 5.02 Å². The summed E-state index contributed by atoms with van der Waals surface area (Å²) < 4.78 is 37.4. The van der Waals surface area contributed by atoms with Crippen molar-refractivity contribution in [3.8, 4) is 0 Å². The number of aryl methyl sites for hydroxylation is 2. The second-order valence-electron chi connectivity index (χ2n) is 6.33. The summed E-state index contributed by atoms with van der Waals surface area (Å²) in [6.07, 6.45) is 0. The van der Waals surface area contributed by atoms with E-state index in [-0.39, 0.29) is 22.1 Å². The standard InChI is InChI=1S/C20H19ClN2O5S/c1-13-18(14(2)28-22-13)12-27-20(24)17-11-16(9-10-19(17)21)29(25,26)23(3)15-7-5-4-6-8-15/h4-11H,12H2,1-3H3. The Kier molecular flexibility index (Phi) is 5.95. The highest BCUT2D eigenvalue weighted by Gasteiger charge is 2.24. The molecule has 0 saturated carbocycles. The van der Waals surface area contributed by atoms with Crippen LogP contribution < -0.4 is 4.31 Å². The number of halogens is 1. The van der Waals surface area contributed by atoms with Crippen LogP contribution in [0.3, 0.4) is 0 Å². The summed E-state index contributed by atoms with van der Waals surface area (Å²) in [6.45, 7) is 3.39. The van der Waals surface area contributed by atoms with Gasteiger partial charge in [0.05, 0.1) is 32.4 Å². The highest BCUT2D eigenvalue weighted by Crippen LogP contribution is 2.26. The molecular weight excluding hydrogens is 416 g/mol. The number of sulfonamides is 1. The Hall–Kier alpha value is -2.84. The molecule has 0 aliphatic heterocycles. The van der Waals surface area contributed by atoms with Crippen LogP contribution in [0.15, 0.2) is 57.9 Å². The van der Waals surface area contributed by atoms with Gasteiger partial charge in [-0.15, -0.1) is 0 Å². The van der Waals surface area contributed by atoms with Crippen molar-refractivity contribution in [2.24, 2.45) is 0 Å². The van der Waals surface area contributed by atoms with Crippen molar-refractivity contribution in [2.75, 3.05) is 11.4 Å². The molecule has 1 heterocycles. The van der Waals surface area contributed by atoms with Crippen LogP contribution in [0, 0.1) is 13.8 Å². The molecule has 7 nitrogen and oxygen atoms in total. The fourth-order valence-corrected chi connectivity index (χ4v) is 4.10. The molecule has 0 spiro atoms. The summed E-state index contributed by atoms with van der Waals surface area (Å²) >= 11 is 6.12. The first-order valence-corrected chi connectivity index (χ1v) is 10.5. The molecule has 0 saturated heterocycles. The summed E-state index contributed by atoms with van der Waals surface area (Å²) in [4.78, 5) is 12.5. The van der Waals surface area contributed by atoms with Crippen LogP contribution in [-0.2, 0) is 21.4 Å². The van der Waals surface area contributed by atoms with E-state index in [1.165, 1.54) is 25.2 Å². The van der Waals surface area contributed by atoms with E-state index in [2.05, 4.69) is 5.16 Å². The Morgan fingerprint density at radius 3 is 2.48 bits per heavy atom. The molecule has 1 aromatic heterocycles. The zero-order valence-electron chi connectivity index (χ0n) is 16.0. The fourth-order valence-electron chi connectivity index (χ4n) is 2.68. The maximum atomic E-state index is 13.0. The molecule has 0 radical (unpaired) electrons. The van der Waals surface area contributed by atoms with Crippen LogP contribution in [-0.4, -0.2) is 26.6 Å². The van der Waals surface area contributed by atoms with Crippen LogP contribution in [0.1, 0.15) is 27.4 Å². The van der Waals surface area contributed by atoms with E-state index in [4.69, 9.17) is 20.9 Å². The fraction of sp³-hybridized carbons (Fsp3) is 0.200. The van der Waals surface area contributed by atoms with Gasteiger partial charge in [0.1, 0.15) is 12.4 Å². The lowest BCUT2D eigenvalue weighted by Crippen LogP contribution is -2.26. The monoisotopic (exact) mass is 434 g/mol. The van der Waals surface area contributed by atoms with E-state index in [9.17, 15) is 13.2 Å². The second kappa shape index (κ2) is 8.26. The SMILES string of the molecule is Cc1noc(C)c1COC(=O)c1cc(S(=O)(=O)N(C)c2ccccc2)ccc1Cl. The minimum atomic E-state index is -3.89. The average Bonchev–Trinajstić information content (AvgIpc) is 3.03. The maximum absolute atomic E-state index is 13.0. The predicted octanol–water partition coefficient (Wildman–Crippen LogP) is 4.13. The van der Waals surface area contributed by atoms with E-state index in [0.29, 0.717) is 22.7 Å². The molecule has 0 atom stereocenters. The molecule has 152 valence electrons. The van der Waals surface area contributed by atoms with Gasteiger partial charge in [-0.3, -0.25) is 4.31 Å². The molecule has 0 aliphatic carbocycles. The highest BCUT2D eigenvalue weighted by molar-refractivity contribution is 7.92. The largest absolute Gasteiger partial charge is 0.457 e. The first-order valence-electron chi connectivity index (χ1n) is 8.64. The zero-order valence-corrected chi connectivity index (χ0v) is 17.6. The topological polar surface area (TPSA) is 89.7 Å². The van der Waals surface area contributed by atoms with E-state index >= 15 is 0 Å². The quantitative estimate of drug-likeness (QED) is 0.542. The Morgan fingerprint density at radius 2 is 1.86 bits per heavy atom. The Morgan fingerprint density at radius 1 is 1.17 bits per heavy atom. The number of esters is 1. The summed E-state index contributed by atoms with van der Waals surface area (Å²) in [5.41, 5.74) is 1.72. The van der Waals surface area contributed by atoms with Crippen molar-refractivity contribution in [1.29, 1.82) is 0 Å². The number of ether oxygens (including phenoxy) is 1. The van der Waals surface area contributed by atoms with Crippen molar-refractivity contribution in [3.63, 3.8) is 0 Å². The van der Waals surface area contributed by atoms with Gasteiger partial charge < -0.3 is 9.26 Å². The number of rotatable bonds is 6. The Bertz CT molecular complexity index is 1120. The number of nitrogens with zero attached hydrogens (tertiary/aromatic N) is 2. The number of carbonyl (C=O) groups excluding carboxylic acids is 1. The van der Waals surface area contributed by atoms with E-state index in [0.717, 1.165) is 4.31 Å². The number of anilines is 1. The molecule has 0 fully saturated rings. The number of hydrogen-bond acceptors (Lipinski definition) is 6. The van der Waals surface area contributed by atoms with E-state index in [1.54, 1.807) is 44.2 Å². The van der Waals surface area contributed by atoms with Gasteiger partial charge in [0.25, 0.3) is 10.0 Å². The Balaban J connectivity index is 1.86. The van der Waals surface area contributed by atoms with E-state index < -0.39 is 16.0 Å². The van der Waals surface area contributed by atoms with Crippen molar-refractivity contribution in [3.05, 3.63) is 76.1 Å². The molecule has 9 heteroatoms. The van der Waals surface area contributed by atoms with Crippen molar-refractivity contribution < 1.29 is 22.5 Å². The van der Waals surface area contributed by atoms with Crippen LogP contribution in [0.5, 0.6) is 0 Å². The average molecular weight is 435 g/mol. The third kappa shape index (κ3) is 4.28. The molecule has 2 aromatic carbocycles. The molecule has 0 aliphatic rings. The lowest BCUT2D eigenvalue weighted by Gasteiger charge is -2.20. The molecule has 0 amide bonds. The lowest BCUT2D eigenvalue weighted by molar-refractivity contribution is 0.0470. The third-order valence-corrected chi connectivity index (χ3v) is 6.58. The number of benzene rings is 2. The van der Waals surface area contributed by atoms with Gasteiger partial charge in [0.2, 0.25) is 0 Å². The summed E-state index contributed by atoms with van der Waals surface area (Å²) in [6, 6.07) is 12.5. The van der Waals surface area contributed by atoms with Crippen LogP contribution >= 0.6 is 11.6 Å². The maximum Gasteiger partial charge on any atom is 0.340 e. The first-order chi connectivity index (χ1) is 13.7. The van der Waals surface area contributed by atoms with E-state index in [1.807, 2.05) is 0 Å². The summed E-state index contributed by atoms with van der Waals surface area (Å²) in [5.74, 6) is -0.198. The van der Waals surface area contributed by atoms with Gasteiger partial charge >= 0.3 is 5.97 Å². The van der Waals surface area contributed by atoms with Gasteiger partial charge in [0.15, 0.2) is 0 Å². The smallest absolute Gasteiger partial charge is 0.340 e. The number of para-hydroxylation sites is 1. The molecule has 0 N–H and O–H groups in total. The van der Waals surface area contributed by atoms with Crippen LogP contribution in [0.25, 0.3) is 0 Å². The normalized spacial score (nSPS) is 11.3. The summed E-state index contributed by atoms with van der Waals surface area (Å²) in [7, 11) is -2.46. The molecule has 0 bridgehead atoms. The van der Waals surface area contributed by atoms with Crippen molar-refractivity contribution in [2.45, 2.75) is 25.3 Å². The first kappa shape index (κ1) is 20.9. The summed E-state index contributed by atoms with van der Waals surface area (Å²) in [5, 5.41) is 3.89. The minimum Gasteiger partial charge on any atom is -0.457 e. The van der Waals surface area contributed by atoms with Crippen LogP contribution in [0.4, 0.5) is 5.69 Å². The Labute approximate surface area is 173 Å². The molecule has 3 rings (SSSR count). The second-order valence-corrected chi connectivity index (χ2v) is 8.71. The lowest BCUT2D eigenvalue weighted by atomic mass is 10.2. The molecule has 29 heavy (non-hydrogen) atoms. The van der Waals surface area contributed by atoms with Gasteiger partial charge in [-0.2, -0.15) is 0 Å². The third-order valence-electron chi connectivity index (χ3n) is 4.46. The number of carbonyl (C=O) groups is 1. The van der Waals surface area contributed by atoms with Gasteiger partial charge in [-0.25, -0.2) is 13.2 Å². The van der Waals surface area contributed by atoms with Crippen molar-refractivity contribution in [1.82, 2.24) is 5.16 Å². The molecule has 3 aromatic rings. The van der Waals surface area contributed by atoms with Gasteiger partial charge in [0, 0.05) is 7.05 Å². The van der Waals surface area contributed by atoms with Gasteiger partial charge in [-0.05, 0) is 44.2 Å². The number of aromatic nitrogens is 1. The number of hydrogen-bond donors (Lipinski definition) is 0. The minimum absolute atomic E-state index is 0.0408. The molecule has 0 unspecified atom stereocenters. The zero-order chi connectivity index (χ0) is 21.2. The predicted molar refractivity (Wildman–Crippen MR) is 109 cm³/mol. The van der Waals surface area contributed by atoms with Crippen molar-refractivity contribution >= 4 is 33.3 Å². The molecular formula is C20H19ClN2O5S.